The van der Waals surface area contributed by atoms with E-state index in [0.717, 1.165) is 36.0 Å². The van der Waals surface area contributed by atoms with Gasteiger partial charge in [-0.2, -0.15) is 11.8 Å². The molecule has 0 saturated carbocycles. The fourth-order valence-electron chi connectivity index (χ4n) is 2.63. The van der Waals surface area contributed by atoms with E-state index in [1.807, 2.05) is 18.7 Å². The number of benzene rings is 1. The summed E-state index contributed by atoms with van der Waals surface area (Å²) in [5.41, 5.74) is 2.32. The summed E-state index contributed by atoms with van der Waals surface area (Å²) in [6.45, 7) is 8.47. The van der Waals surface area contributed by atoms with Crippen molar-refractivity contribution in [1.82, 2.24) is 10.6 Å². The van der Waals surface area contributed by atoms with E-state index in [1.54, 1.807) is 7.05 Å². The van der Waals surface area contributed by atoms with Gasteiger partial charge < -0.3 is 20.1 Å². The van der Waals surface area contributed by atoms with Gasteiger partial charge in [0.05, 0.1) is 6.61 Å². The van der Waals surface area contributed by atoms with Crippen LogP contribution in [0.3, 0.4) is 0 Å². The minimum absolute atomic E-state index is 0.236. The highest BCUT2D eigenvalue weighted by Gasteiger charge is 2.21. The maximum Gasteiger partial charge on any atom is 0.191 e. The fourth-order valence-corrected chi connectivity index (χ4v) is 2.88. The maximum atomic E-state index is 5.88. The summed E-state index contributed by atoms with van der Waals surface area (Å²) in [7, 11) is 1.79. The number of guanidine groups is 1. The highest BCUT2D eigenvalue weighted by Crippen LogP contribution is 2.35. The van der Waals surface area contributed by atoms with E-state index in [9.17, 15) is 0 Å². The standard InChI is InChI=1S/C18H29N3O2S/c1-6-22-16-8-14-7-12(2)23-17(14)9-15(16)11-21-18(19-4)20-10-13(3)24-5/h8-9,12-13H,6-7,10-11H2,1-5H3,(H2,19,20,21). The summed E-state index contributed by atoms with van der Waals surface area (Å²) < 4.78 is 11.7. The highest BCUT2D eigenvalue weighted by atomic mass is 32.2. The number of ether oxygens (including phenoxy) is 2. The lowest BCUT2D eigenvalue weighted by Crippen LogP contribution is -2.39. The SMILES string of the molecule is CCOc1cc2c(cc1CNC(=NC)NCC(C)SC)OC(C)C2. The second kappa shape index (κ2) is 9.06. The third-order valence-electron chi connectivity index (χ3n) is 4.01. The van der Waals surface area contributed by atoms with Gasteiger partial charge in [0, 0.05) is 42.9 Å². The minimum Gasteiger partial charge on any atom is -0.494 e. The van der Waals surface area contributed by atoms with Crippen LogP contribution in [0, 0.1) is 0 Å². The third kappa shape index (κ3) is 4.97. The van der Waals surface area contributed by atoms with E-state index < -0.39 is 0 Å². The van der Waals surface area contributed by atoms with Crippen molar-refractivity contribution in [3.8, 4) is 11.5 Å². The second-order valence-electron chi connectivity index (χ2n) is 5.99. The van der Waals surface area contributed by atoms with Crippen molar-refractivity contribution in [2.75, 3.05) is 26.5 Å². The van der Waals surface area contributed by atoms with Gasteiger partial charge in [-0.25, -0.2) is 0 Å². The van der Waals surface area contributed by atoms with E-state index in [1.165, 1.54) is 5.56 Å². The number of fused-ring (bicyclic) bond motifs is 1. The molecule has 0 aromatic heterocycles. The highest BCUT2D eigenvalue weighted by molar-refractivity contribution is 7.99. The minimum atomic E-state index is 0.236. The van der Waals surface area contributed by atoms with Crippen molar-refractivity contribution in [1.29, 1.82) is 0 Å². The topological polar surface area (TPSA) is 54.9 Å². The molecule has 2 rings (SSSR count). The summed E-state index contributed by atoms with van der Waals surface area (Å²) in [6.07, 6.45) is 3.29. The first-order valence-corrected chi connectivity index (χ1v) is 9.78. The van der Waals surface area contributed by atoms with Crippen molar-refractivity contribution >= 4 is 17.7 Å². The summed E-state index contributed by atoms with van der Waals surface area (Å²) in [4.78, 5) is 4.28. The molecule has 0 amide bonds. The first-order chi connectivity index (χ1) is 11.6. The third-order valence-corrected chi connectivity index (χ3v) is 4.98. The largest absolute Gasteiger partial charge is 0.494 e. The zero-order chi connectivity index (χ0) is 17.5. The summed E-state index contributed by atoms with van der Waals surface area (Å²) in [5.74, 6) is 2.70. The van der Waals surface area contributed by atoms with Gasteiger partial charge in [0.25, 0.3) is 0 Å². The number of hydrogen-bond donors (Lipinski definition) is 2. The predicted molar refractivity (Wildman–Crippen MR) is 103 cm³/mol. The van der Waals surface area contributed by atoms with Crippen molar-refractivity contribution in [2.45, 2.75) is 45.1 Å². The number of thioether (sulfide) groups is 1. The Kier molecular flexibility index (Phi) is 7.09. The van der Waals surface area contributed by atoms with E-state index >= 15 is 0 Å². The molecule has 1 aliphatic rings. The number of nitrogens with zero attached hydrogens (tertiary/aromatic N) is 1. The van der Waals surface area contributed by atoms with Gasteiger partial charge in [0.15, 0.2) is 5.96 Å². The van der Waals surface area contributed by atoms with Crippen LogP contribution in [0.25, 0.3) is 0 Å². The first-order valence-electron chi connectivity index (χ1n) is 8.49. The van der Waals surface area contributed by atoms with Crippen LogP contribution in [0.4, 0.5) is 0 Å². The average Bonchev–Trinajstić information content (AvgIpc) is 2.93. The Bertz CT molecular complexity index is 578. The normalized spacial score (nSPS) is 17.9. The Morgan fingerprint density at radius 3 is 2.92 bits per heavy atom. The molecule has 1 heterocycles. The van der Waals surface area contributed by atoms with Crippen molar-refractivity contribution in [2.24, 2.45) is 4.99 Å². The van der Waals surface area contributed by atoms with Crippen LogP contribution in [0.15, 0.2) is 17.1 Å². The number of hydrogen-bond acceptors (Lipinski definition) is 4. The zero-order valence-corrected chi connectivity index (χ0v) is 16.1. The molecular formula is C18H29N3O2S. The lowest BCUT2D eigenvalue weighted by Gasteiger charge is -2.17. The Morgan fingerprint density at radius 1 is 1.46 bits per heavy atom. The molecule has 5 nitrogen and oxygen atoms in total. The lowest BCUT2D eigenvalue weighted by molar-refractivity contribution is 0.254. The molecule has 2 N–H and O–H groups in total. The summed E-state index contributed by atoms with van der Waals surface area (Å²) in [6, 6.07) is 4.21. The van der Waals surface area contributed by atoms with Crippen LogP contribution < -0.4 is 20.1 Å². The van der Waals surface area contributed by atoms with Crippen LogP contribution >= 0.6 is 11.8 Å². The predicted octanol–water partition coefficient (Wildman–Crippen LogP) is 2.83. The number of rotatable bonds is 7. The second-order valence-corrected chi connectivity index (χ2v) is 7.26. The number of aliphatic imine (C=N–C) groups is 1. The maximum absolute atomic E-state index is 5.88. The molecule has 1 aliphatic heterocycles. The molecule has 0 aliphatic carbocycles. The average molecular weight is 352 g/mol. The van der Waals surface area contributed by atoms with Gasteiger partial charge in [-0.3, -0.25) is 4.99 Å². The van der Waals surface area contributed by atoms with Crippen LogP contribution in [-0.4, -0.2) is 43.8 Å². The van der Waals surface area contributed by atoms with Crippen LogP contribution in [-0.2, 0) is 13.0 Å². The molecule has 24 heavy (non-hydrogen) atoms. The molecule has 0 spiro atoms. The fraction of sp³-hybridized carbons (Fsp3) is 0.611. The first kappa shape index (κ1) is 18.8. The van der Waals surface area contributed by atoms with E-state index in [4.69, 9.17) is 9.47 Å². The van der Waals surface area contributed by atoms with Crippen LogP contribution in [0.1, 0.15) is 31.9 Å². The van der Waals surface area contributed by atoms with Gasteiger partial charge in [-0.1, -0.05) is 6.92 Å². The Hall–Kier alpha value is -1.56. The molecule has 6 heteroatoms. The van der Waals surface area contributed by atoms with Crippen molar-refractivity contribution < 1.29 is 9.47 Å². The van der Waals surface area contributed by atoms with Gasteiger partial charge in [-0.05, 0) is 32.2 Å². The lowest BCUT2D eigenvalue weighted by atomic mass is 10.1. The van der Waals surface area contributed by atoms with Crippen molar-refractivity contribution in [3.63, 3.8) is 0 Å². The molecular weight excluding hydrogens is 322 g/mol. The smallest absolute Gasteiger partial charge is 0.191 e. The molecule has 2 atom stereocenters. The quantitative estimate of drug-likeness (QED) is 0.584. The van der Waals surface area contributed by atoms with E-state index in [2.05, 4.69) is 47.9 Å². The molecule has 1 aromatic rings. The summed E-state index contributed by atoms with van der Waals surface area (Å²) in [5, 5.41) is 7.25. The monoisotopic (exact) mass is 351 g/mol. The molecule has 0 radical (unpaired) electrons. The molecule has 0 fully saturated rings. The molecule has 0 saturated heterocycles. The van der Waals surface area contributed by atoms with E-state index in [-0.39, 0.29) is 6.10 Å². The van der Waals surface area contributed by atoms with Gasteiger partial charge in [-0.15, -0.1) is 0 Å². The number of nitrogens with one attached hydrogen (secondary N) is 2. The Balaban J connectivity index is 2.04. The Morgan fingerprint density at radius 2 is 2.25 bits per heavy atom. The van der Waals surface area contributed by atoms with Gasteiger partial charge in [0.1, 0.15) is 17.6 Å². The molecule has 1 aromatic carbocycles. The molecule has 0 bridgehead atoms. The van der Waals surface area contributed by atoms with Crippen LogP contribution in [0.2, 0.25) is 0 Å². The zero-order valence-electron chi connectivity index (χ0n) is 15.3. The van der Waals surface area contributed by atoms with E-state index in [0.29, 0.717) is 18.4 Å². The summed E-state index contributed by atoms with van der Waals surface area (Å²) >= 11 is 1.83. The van der Waals surface area contributed by atoms with Gasteiger partial charge in [0.2, 0.25) is 0 Å². The Labute approximate surface area is 149 Å². The van der Waals surface area contributed by atoms with Crippen molar-refractivity contribution in [3.05, 3.63) is 23.3 Å². The van der Waals surface area contributed by atoms with Gasteiger partial charge >= 0.3 is 0 Å². The molecule has 134 valence electrons. The van der Waals surface area contributed by atoms with Crippen LogP contribution in [0.5, 0.6) is 11.5 Å². The molecule has 2 unspecified atom stereocenters.